The summed E-state index contributed by atoms with van der Waals surface area (Å²) >= 11 is 0. The first-order chi connectivity index (χ1) is 13.7. The number of hydrogen-bond donors (Lipinski definition) is 2. The van der Waals surface area contributed by atoms with Crippen LogP contribution in [-0.2, 0) is 11.2 Å². The van der Waals surface area contributed by atoms with Crippen LogP contribution in [0.2, 0.25) is 0 Å². The van der Waals surface area contributed by atoms with Gasteiger partial charge >= 0.3 is 0 Å². The van der Waals surface area contributed by atoms with Crippen LogP contribution in [0.3, 0.4) is 0 Å². The molecule has 2 N–H and O–H groups in total. The van der Waals surface area contributed by atoms with E-state index >= 15 is 0 Å². The van der Waals surface area contributed by atoms with Gasteiger partial charge in [-0.05, 0) is 48.4 Å². The quantitative estimate of drug-likeness (QED) is 0.580. The number of rotatable bonds is 8. The van der Waals surface area contributed by atoms with Crippen LogP contribution >= 0.6 is 0 Å². The standard InChI is InChI=1S/C23H24N2O3/c1-27-20-13-14-21(22(16-20)28-2)24-18-9-11-19(12-10-18)25-23(26)15-8-17-6-4-3-5-7-17/h3-7,9-14,16,24H,8,15H2,1-2H3,(H,25,26). The Labute approximate surface area is 165 Å². The van der Waals surface area contributed by atoms with Crippen molar-refractivity contribution in [2.24, 2.45) is 0 Å². The molecule has 0 bridgehead atoms. The molecule has 28 heavy (non-hydrogen) atoms. The second-order valence-corrected chi connectivity index (χ2v) is 6.30. The van der Waals surface area contributed by atoms with E-state index in [4.69, 9.17) is 9.47 Å². The third-order valence-corrected chi connectivity index (χ3v) is 4.34. The van der Waals surface area contributed by atoms with Crippen LogP contribution in [0.25, 0.3) is 0 Å². The van der Waals surface area contributed by atoms with Crippen LogP contribution in [0.4, 0.5) is 17.1 Å². The van der Waals surface area contributed by atoms with E-state index in [2.05, 4.69) is 10.6 Å². The zero-order valence-electron chi connectivity index (χ0n) is 16.1. The van der Waals surface area contributed by atoms with Crippen molar-refractivity contribution in [2.45, 2.75) is 12.8 Å². The number of ether oxygens (including phenoxy) is 2. The molecule has 0 spiro atoms. The molecule has 0 aromatic heterocycles. The lowest BCUT2D eigenvalue weighted by Gasteiger charge is -2.13. The van der Waals surface area contributed by atoms with Gasteiger partial charge in [-0.25, -0.2) is 0 Å². The molecule has 0 fully saturated rings. The molecular formula is C23H24N2O3. The van der Waals surface area contributed by atoms with Crippen LogP contribution in [0.1, 0.15) is 12.0 Å². The summed E-state index contributed by atoms with van der Waals surface area (Å²) in [6.45, 7) is 0. The van der Waals surface area contributed by atoms with Crippen LogP contribution in [-0.4, -0.2) is 20.1 Å². The van der Waals surface area contributed by atoms with Gasteiger partial charge in [-0.15, -0.1) is 0 Å². The van der Waals surface area contributed by atoms with Gasteiger partial charge in [-0.3, -0.25) is 4.79 Å². The molecule has 0 saturated heterocycles. The third-order valence-electron chi connectivity index (χ3n) is 4.34. The molecule has 3 aromatic rings. The first kappa shape index (κ1) is 19.3. The van der Waals surface area contributed by atoms with E-state index in [9.17, 15) is 4.79 Å². The zero-order valence-corrected chi connectivity index (χ0v) is 16.1. The highest BCUT2D eigenvalue weighted by Gasteiger charge is 2.07. The summed E-state index contributed by atoms with van der Waals surface area (Å²) in [5.74, 6) is 1.43. The zero-order chi connectivity index (χ0) is 19.8. The summed E-state index contributed by atoms with van der Waals surface area (Å²) in [5, 5.41) is 6.24. The summed E-state index contributed by atoms with van der Waals surface area (Å²) in [4.78, 5) is 12.2. The Balaban J connectivity index is 1.57. The summed E-state index contributed by atoms with van der Waals surface area (Å²) in [6.07, 6.45) is 1.18. The molecule has 144 valence electrons. The molecule has 0 atom stereocenters. The van der Waals surface area contributed by atoms with E-state index in [-0.39, 0.29) is 5.91 Å². The van der Waals surface area contributed by atoms with Crippen molar-refractivity contribution < 1.29 is 14.3 Å². The fraction of sp³-hybridized carbons (Fsp3) is 0.174. The second kappa shape index (κ2) is 9.46. The first-order valence-electron chi connectivity index (χ1n) is 9.11. The maximum absolute atomic E-state index is 12.2. The molecule has 0 aliphatic heterocycles. The second-order valence-electron chi connectivity index (χ2n) is 6.30. The minimum absolute atomic E-state index is 0.00128. The highest BCUT2D eigenvalue weighted by atomic mass is 16.5. The summed E-state index contributed by atoms with van der Waals surface area (Å²) < 4.78 is 10.6. The van der Waals surface area contributed by atoms with Gasteiger partial charge in [-0.2, -0.15) is 0 Å². The van der Waals surface area contributed by atoms with E-state index in [1.807, 2.05) is 72.8 Å². The summed E-state index contributed by atoms with van der Waals surface area (Å²) in [5.41, 5.74) is 3.66. The molecule has 5 nitrogen and oxygen atoms in total. The summed E-state index contributed by atoms with van der Waals surface area (Å²) in [7, 11) is 3.24. The highest BCUT2D eigenvalue weighted by Crippen LogP contribution is 2.31. The molecule has 3 rings (SSSR count). The summed E-state index contributed by atoms with van der Waals surface area (Å²) in [6, 6.07) is 23.2. The Morgan fingerprint density at radius 1 is 0.857 bits per heavy atom. The maximum atomic E-state index is 12.2. The Morgan fingerprint density at radius 2 is 1.57 bits per heavy atom. The van der Waals surface area contributed by atoms with Crippen molar-refractivity contribution in [3.05, 3.63) is 78.4 Å². The van der Waals surface area contributed by atoms with Crippen molar-refractivity contribution in [3.8, 4) is 11.5 Å². The normalized spacial score (nSPS) is 10.2. The van der Waals surface area contributed by atoms with Crippen molar-refractivity contribution >= 4 is 23.0 Å². The number of amides is 1. The van der Waals surface area contributed by atoms with E-state index in [0.717, 1.165) is 34.8 Å². The highest BCUT2D eigenvalue weighted by molar-refractivity contribution is 5.91. The Morgan fingerprint density at radius 3 is 2.25 bits per heavy atom. The van der Waals surface area contributed by atoms with Gasteiger partial charge in [0, 0.05) is 23.9 Å². The SMILES string of the molecule is COc1ccc(Nc2ccc(NC(=O)CCc3ccccc3)cc2)c(OC)c1. The number of carbonyl (C=O) groups excluding carboxylic acids is 1. The topological polar surface area (TPSA) is 59.6 Å². The Bertz CT molecular complexity index is 909. The third kappa shape index (κ3) is 5.27. The largest absolute Gasteiger partial charge is 0.497 e. The monoisotopic (exact) mass is 376 g/mol. The molecule has 0 heterocycles. The van der Waals surface area contributed by atoms with Gasteiger partial charge in [0.2, 0.25) is 5.91 Å². The van der Waals surface area contributed by atoms with Gasteiger partial charge in [0.1, 0.15) is 11.5 Å². The van der Waals surface area contributed by atoms with Gasteiger partial charge in [-0.1, -0.05) is 30.3 Å². The van der Waals surface area contributed by atoms with Crippen LogP contribution in [0.15, 0.2) is 72.8 Å². The Hall–Kier alpha value is -3.47. The predicted molar refractivity (Wildman–Crippen MR) is 113 cm³/mol. The van der Waals surface area contributed by atoms with Crippen molar-refractivity contribution in [1.29, 1.82) is 0 Å². The van der Waals surface area contributed by atoms with Gasteiger partial charge in [0.25, 0.3) is 0 Å². The first-order valence-corrected chi connectivity index (χ1v) is 9.11. The number of methoxy groups -OCH3 is 2. The number of aryl methyl sites for hydroxylation is 1. The maximum Gasteiger partial charge on any atom is 0.224 e. The smallest absolute Gasteiger partial charge is 0.224 e. The molecule has 0 saturated carbocycles. The van der Waals surface area contributed by atoms with Crippen molar-refractivity contribution in [3.63, 3.8) is 0 Å². The fourth-order valence-corrected chi connectivity index (χ4v) is 2.82. The molecule has 5 heteroatoms. The van der Waals surface area contributed by atoms with E-state index in [0.29, 0.717) is 12.2 Å². The van der Waals surface area contributed by atoms with Crippen molar-refractivity contribution in [2.75, 3.05) is 24.9 Å². The average molecular weight is 376 g/mol. The lowest BCUT2D eigenvalue weighted by atomic mass is 10.1. The van der Waals surface area contributed by atoms with Crippen LogP contribution in [0.5, 0.6) is 11.5 Å². The van der Waals surface area contributed by atoms with Gasteiger partial charge in [0.15, 0.2) is 0 Å². The minimum Gasteiger partial charge on any atom is -0.497 e. The van der Waals surface area contributed by atoms with E-state index in [1.54, 1.807) is 14.2 Å². The van der Waals surface area contributed by atoms with Crippen molar-refractivity contribution in [1.82, 2.24) is 0 Å². The number of carbonyl (C=O) groups is 1. The Kier molecular flexibility index (Phi) is 6.52. The van der Waals surface area contributed by atoms with E-state index in [1.165, 1.54) is 0 Å². The van der Waals surface area contributed by atoms with Gasteiger partial charge in [0.05, 0.1) is 19.9 Å². The molecule has 0 radical (unpaired) electrons. The number of anilines is 3. The molecule has 0 unspecified atom stereocenters. The molecule has 3 aromatic carbocycles. The number of nitrogens with one attached hydrogen (secondary N) is 2. The van der Waals surface area contributed by atoms with Crippen LogP contribution in [0, 0.1) is 0 Å². The van der Waals surface area contributed by atoms with Crippen LogP contribution < -0.4 is 20.1 Å². The number of hydrogen-bond acceptors (Lipinski definition) is 4. The average Bonchev–Trinajstić information content (AvgIpc) is 2.74. The minimum atomic E-state index is 0.00128. The molecule has 0 aliphatic rings. The lowest BCUT2D eigenvalue weighted by molar-refractivity contribution is -0.116. The lowest BCUT2D eigenvalue weighted by Crippen LogP contribution is -2.12. The fourth-order valence-electron chi connectivity index (χ4n) is 2.82. The number of benzene rings is 3. The molecule has 1 amide bonds. The van der Waals surface area contributed by atoms with Gasteiger partial charge < -0.3 is 20.1 Å². The molecular weight excluding hydrogens is 352 g/mol. The van der Waals surface area contributed by atoms with E-state index < -0.39 is 0 Å². The predicted octanol–water partition coefficient (Wildman–Crippen LogP) is 5.02. The molecule has 0 aliphatic carbocycles.